The van der Waals surface area contributed by atoms with Gasteiger partial charge in [0.25, 0.3) is 5.91 Å². The zero-order valence-corrected chi connectivity index (χ0v) is 13.2. The van der Waals surface area contributed by atoms with E-state index in [1.165, 1.54) is 0 Å². The Kier molecular flexibility index (Phi) is 3.26. The Hall–Kier alpha value is -0.910. The summed E-state index contributed by atoms with van der Waals surface area (Å²) in [5.41, 5.74) is 4.25. The summed E-state index contributed by atoms with van der Waals surface area (Å²) in [5.74, 6) is -0.333. The summed E-state index contributed by atoms with van der Waals surface area (Å²) in [4.78, 5) is 17.2. The van der Waals surface area contributed by atoms with Crippen LogP contribution in [0.15, 0.2) is 4.99 Å². The number of nitrogens with zero attached hydrogens (tertiary/aromatic N) is 1. The molecule has 4 unspecified atom stereocenters. The minimum atomic E-state index is -4.20. The van der Waals surface area contributed by atoms with Crippen molar-refractivity contribution in [3.05, 3.63) is 0 Å². The molecule has 4 atom stereocenters. The molecule has 5 rings (SSSR count). The van der Waals surface area contributed by atoms with Gasteiger partial charge in [0.05, 0.1) is 10.8 Å². The van der Waals surface area contributed by atoms with E-state index in [1.54, 1.807) is 0 Å². The monoisotopic (exact) mass is 328 g/mol. The van der Waals surface area contributed by atoms with Gasteiger partial charge < -0.3 is 5.73 Å². The quantitative estimate of drug-likeness (QED) is 0.799. The van der Waals surface area contributed by atoms with E-state index in [2.05, 4.69) is 4.99 Å². The highest BCUT2D eigenvalue weighted by atomic mass is 19.4. The maximum absolute atomic E-state index is 13.6. The van der Waals surface area contributed by atoms with Crippen molar-refractivity contribution in [3.63, 3.8) is 0 Å². The number of nitrogens with two attached hydrogens (primary N) is 1. The Morgan fingerprint density at radius 1 is 1.17 bits per heavy atom. The third-order valence-corrected chi connectivity index (χ3v) is 6.92. The smallest absolute Gasteiger partial charge is 0.328 e. The van der Waals surface area contributed by atoms with Crippen LogP contribution in [0.5, 0.6) is 0 Å². The van der Waals surface area contributed by atoms with Crippen LogP contribution in [0.3, 0.4) is 0 Å². The van der Waals surface area contributed by atoms with E-state index in [9.17, 15) is 18.0 Å². The lowest BCUT2D eigenvalue weighted by Crippen LogP contribution is -2.43. The fourth-order valence-corrected chi connectivity index (χ4v) is 5.91. The molecule has 0 aromatic heterocycles. The first-order valence-electron chi connectivity index (χ1n) is 8.67. The number of carbonyl (C=O) groups is 1. The number of halogens is 3. The van der Waals surface area contributed by atoms with E-state index in [0.717, 1.165) is 25.0 Å². The number of hydrogen-bond donors (Lipinski definition) is 1. The highest BCUT2D eigenvalue weighted by Crippen LogP contribution is 2.74. The highest BCUT2D eigenvalue weighted by Gasteiger charge is 2.74. The van der Waals surface area contributed by atoms with Crippen LogP contribution in [0, 0.1) is 22.7 Å². The molecule has 2 N–H and O–H groups in total. The lowest BCUT2D eigenvalue weighted by atomic mass is 9.66. The number of amides is 1. The highest BCUT2D eigenvalue weighted by molar-refractivity contribution is 5.99. The van der Waals surface area contributed by atoms with Gasteiger partial charge in [0.2, 0.25) is 0 Å². The van der Waals surface area contributed by atoms with Gasteiger partial charge in [0.15, 0.2) is 0 Å². The van der Waals surface area contributed by atoms with Gasteiger partial charge in [-0.25, -0.2) is 4.99 Å². The van der Waals surface area contributed by atoms with Gasteiger partial charge in [0, 0.05) is 11.8 Å². The molecule has 128 valence electrons. The van der Waals surface area contributed by atoms with Crippen LogP contribution in [-0.2, 0) is 4.79 Å². The summed E-state index contributed by atoms with van der Waals surface area (Å²) in [5, 5.41) is 0. The van der Waals surface area contributed by atoms with Crippen molar-refractivity contribution in [2.24, 2.45) is 33.4 Å². The van der Waals surface area contributed by atoms with E-state index in [0.29, 0.717) is 19.3 Å². The molecule has 5 aliphatic rings. The molecule has 4 bridgehead atoms. The number of hydrogen-bond acceptors (Lipinski definition) is 2. The summed E-state index contributed by atoms with van der Waals surface area (Å²) < 4.78 is 40.8. The molecule has 0 aromatic rings. The standard InChI is InChI=1S/C17H23F3N2O/c18-17(19,20)15-6-10-5-11(8-15)16(7-10,9-15)14(23)22-13-3-1-12(21)2-4-13/h10-12H,1-9,21H2. The van der Waals surface area contributed by atoms with Gasteiger partial charge in [-0.05, 0) is 69.6 Å². The van der Waals surface area contributed by atoms with Crippen LogP contribution in [-0.4, -0.2) is 23.8 Å². The first-order chi connectivity index (χ1) is 10.7. The second-order valence-electron chi connectivity index (χ2n) is 8.34. The second kappa shape index (κ2) is 4.80. The van der Waals surface area contributed by atoms with E-state index in [4.69, 9.17) is 5.73 Å². The molecule has 5 aliphatic carbocycles. The molecule has 0 radical (unpaired) electrons. The van der Waals surface area contributed by atoms with Gasteiger partial charge in [-0.1, -0.05) is 0 Å². The van der Waals surface area contributed by atoms with Crippen LogP contribution in [0.1, 0.15) is 57.8 Å². The molecule has 0 heterocycles. The summed E-state index contributed by atoms with van der Waals surface area (Å²) in [6, 6.07) is 0.161. The van der Waals surface area contributed by atoms with E-state index in [-0.39, 0.29) is 43.0 Å². The molecule has 1 amide bonds. The lowest BCUT2D eigenvalue weighted by molar-refractivity contribution is -0.239. The molecule has 5 fully saturated rings. The molecule has 5 saturated carbocycles. The maximum atomic E-state index is 13.6. The lowest BCUT2D eigenvalue weighted by Gasteiger charge is -2.41. The third-order valence-electron chi connectivity index (χ3n) is 6.92. The minimum absolute atomic E-state index is 0.0280. The first-order valence-corrected chi connectivity index (χ1v) is 8.67. The molecular weight excluding hydrogens is 305 g/mol. The largest absolute Gasteiger partial charge is 0.394 e. The molecule has 0 spiro atoms. The minimum Gasteiger partial charge on any atom is -0.328 e. The number of aliphatic imine (C=N–C) groups is 1. The topological polar surface area (TPSA) is 55.4 Å². The van der Waals surface area contributed by atoms with Crippen molar-refractivity contribution < 1.29 is 18.0 Å². The first kappa shape index (κ1) is 15.6. The number of alkyl halides is 3. The molecule has 0 aromatic carbocycles. The Morgan fingerprint density at radius 2 is 1.87 bits per heavy atom. The Balaban J connectivity index is 1.60. The van der Waals surface area contributed by atoms with Crippen LogP contribution in [0.4, 0.5) is 13.2 Å². The van der Waals surface area contributed by atoms with Gasteiger partial charge in [-0.2, -0.15) is 13.2 Å². The Labute approximate surface area is 133 Å². The predicted octanol–water partition coefficient (Wildman–Crippen LogP) is 3.61. The van der Waals surface area contributed by atoms with Crippen LogP contribution in [0.25, 0.3) is 0 Å². The molecule has 6 heteroatoms. The normalized spacial score (nSPS) is 45.6. The SMILES string of the molecule is NC1CCC(=NC(=O)C23CC4CC2CC(C(F)(F)F)(C4)C3)CC1. The Bertz CT molecular complexity index is 563. The van der Waals surface area contributed by atoms with Gasteiger partial charge in [0.1, 0.15) is 0 Å². The second-order valence-corrected chi connectivity index (χ2v) is 8.34. The molecule has 23 heavy (non-hydrogen) atoms. The molecular formula is C17H23F3N2O. The molecule has 0 aliphatic heterocycles. The fourth-order valence-electron chi connectivity index (χ4n) is 5.91. The summed E-state index contributed by atoms with van der Waals surface area (Å²) >= 11 is 0. The van der Waals surface area contributed by atoms with E-state index >= 15 is 0 Å². The number of carbonyl (C=O) groups excluding carboxylic acids is 1. The molecule has 3 nitrogen and oxygen atoms in total. The third kappa shape index (κ3) is 2.20. The van der Waals surface area contributed by atoms with Crippen LogP contribution >= 0.6 is 0 Å². The van der Waals surface area contributed by atoms with Gasteiger partial charge in [-0.3, -0.25) is 4.79 Å². The summed E-state index contributed by atoms with van der Waals surface area (Å²) in [7, 11) is 0. The summed E-state index contributed by atoms with van der Waals surface area (Å²) in [6.45, 7) is 0. The summed E-state index contributed by atoms with van der Waals surface area (Å²) in [6.07, 6.45) is 0.570. The van der Waals surface area contributed by atoms with E-state index in [1.807, 2.05) is 0 Å². The Morgan fingerprint density at radius 3 is 2.52 bits per heavy atom. The maximum Gasteiger partial charge on any atom is 0.394 e. The van der Waals surface area contributed by atoms with Gasteiger partial charge in [-0.15, -0.1) is 0 Å². The van der Waals surface area contributed by atoms with Crippen molar-refractivity contribution in [3.8, 4) is 0 Å². The average Bonchev–Trinajstić information content (AvgIpc) is 2.85. The average molecular weight is 328 g/mol. The van der Waals surface area contributed by atoms with Crippen LogP contribution < -0.4 is 5.73 Å². The molecule has 0 saturated heterocycles. The predicted molar refractivity (Wildman–Crippen MR) is 79.9 cm³/mol. The van der Waals surface area contributed by atoms with Gasteiger partial charge >= 0.3 is 6.18 Å². The van der Waals surface area contributed by atoms with Crippen molar-refractivity contribution in [1.82, 2.24) is 0 Å². The zero-order valence-electron chi connectivity index (χ0n) is 13.2. The zero-order chi connectivity index (χ0) is 16.5. The van der Waals surface area contributed by atoms with E-state index < -0.39 is 17.0 Å². The fraction of sp³-hybridized carbons (Fsp3) is 0.882. The van der Waals surface area contributed by atoms with Crippen molar-refractivity contribution >= 4 is 11.6 Å². The van der Waals surface area contributed by atoms with Crippen LogP contribution in [0.2, 0.25) is 0 Å². The van der Waals surface area contributed by atoms with Crippen molar-refractivity contribution in [2.75, 3.05) is 0 Å². The van der Waals surface area contributed by atoms with Crippen molar-refractivity contribution in [1.29, 1.82) is 0 Å². The van der Waals surface area contributed by atoms with Crippen molar-refractivity contribution in [2.45, 2.75) is 70.0 Å². The number of rotatable bonds is 1.